The fraction of sp³-hybridized carbons (Fsp3) is 0.533. The highest BCUT2D eigenvalue weighted by atomic mass is 16.4. The molecule has 4 N–H and O–H groups in total. The summed E-state index contributed by atoms with van der Waals surface area (Å²) in [6.07, 6.45) is 2.10. The summed E-state index contributed by atoms with van der Waals surface area (Å²) in [4.78, 5) is 27.1. The largest absolute Gasteiger partial charge is 0.481 e. The lowest BCUT2D eigenvalue weighted by Gasteiger charge is -2.23. The Morgan fingerprint density at radius 2 is 2.05 bits per heavy atom. The molecule has 0 radical (unpaired) electrons. The van der Waals surface area contributed by atoms with Gasteiger partial charge in [-0.05, 0) is 24.0 Å². The van der Waals surface area contributed by atoms with Crippen molar-refractivity contribution in [1.82, 2.24) is 10.3 Å². The molecule has 0 saturated carbocycles. The Hall–Kier alpha value is -2.11. The number of aromatic nitrogens is 1. The van der Waals surface area contributed by atoms with Crippen LogP contribution in [0.25, 0.3) is 0 Å². The third-order valence-corrected chi connectivity index (χ3v) is 2.94. The van der Waals surface area contributed by atoms with Gasteiger partial charge in [0.1, 0.15) is 0 Å². The van der Waals surface area contributed by atoms with Gasteiger partial charge in [-0.2, -0.15) is 0 Å². The minimum atomic E-state index is -0.893. The fourth-order valence-electron chi connectivity index (χ4n) is 1.99. The van der Waals surface area contributed by atoms with Crippen molar-refractivity contribution in [3.63, 3.8) is 0 Å². The van der Waals surface area contributed by atoms with Gasteiger partial charge in [-0.25, -0.2) is 0 Å². The molecule has 0 aliphatic heterocycles. The molecule has 0 aliphatic carbocycles. The third-order valence-electron chi connectivity index (χ3n) is 2.94. The molecule has 1 atom stereocenters. The lowest BCUT2D eigenvalue weighted by molar-refractivity contribution is -0.142. The number of nitrogens with two attached hydrogens (primary N) is 1. The number of anilines is 1. The van der Waals surface area contributed by atoms with E-state index in [-0.39, 0.29) is 24.3 Å². The van der Waals surface area contributed by atoms with Gasteiger partial charge in [0.15, 0.2) is 0 Å². The molecule has 1 aromatic heterocycles. The van der Waals surface area contributed by atoms with Crippen molar-refractivity contribution in [3.8, 4) is 0 Å². The summed E-state index contributed by atoms with van der Waals surface area (Å²) < 4.78 is 0. The average Bonchev–Trinajstić information content (AvgIpc) is 2.35. The Balaban J connectivity index is 2.50. The molecule has 0 saturated heterocycles. The molecule has 1 rings (SSSR count). The summed E-state index contributed by atoms with van der Waals surface area (Å²) in [6.45, 7) is 6.05. The normalized spacial score (nSPS) is 12.7. The number of rotatable bonds is 6. The quantitative estimate of drug-likeness (QED) is 0.736. The predicted molar refractivity (Wildman–Crippen MR) is 80.6 cm³/mol. The van der Waals surface area contributed by atoms with E-state index >= 15 is 0 Å². The standard InChI is InChI=1S/C15H23N3O3/c1-15(2,3)7-10(14(20)21)8-18-13(19)6-12-5-4-11(16)9-17-12/h4-5,9-10H,6-8,16H2,1-3H3,(H,18,19)(H,20,21). The number of aliphatic carboxylic acids is 1. The Bertz CT molecular complexity index is 492. The zero-order chi connectivity index (χ0) is 16.0. The maximum atomic E-state index is 11.8. The van der Waals surface area contributed by atoms with E-state index in [0.29, 0.717) is 17.8 Å². The second kappa shape index (κ2) is 7.06. The molecular weight excluding hydrogens is 270 g/mol. The van der Waals surface area contributed by atoms with Gasteiger partial charge in [-0.1, -0.05) is 20.8 Å². The number of pyridine rings is 1. The zero-order valence-electron chi connectivity index (χ0n) is 12.7. The van der Waals surface area contributed by atoms with Crippen molar-refractivity contribution in [1.29, 1.82) is 0 Å². The second-order valence-corrected chi connectivity index (χ2v) is 6.36. The second-order valence-electron chi connectivity index (χ2n) is 6.36. The van der Waals surface area contributed by atoms with E-state index in [9.17, 15) is 14.7 Å². The van der Waals surface area contributed by atoms with Crippen LogP contribution in [-0.4, -0.2) is 28.5 Å². The Labute approximate surface area is 124 Å². The first-order valence-corrected chi connectivity index (χ1v) is 6.87. The Morgan fingerprint density at radius 3 is 2.52 bits per heavy atom. The maximum Gasteiger partial charge on any atom is 0.308 e. The molecule has 116 valence electrons. The molecule has 1 heterocycles. The average molecular weight is 293 g/mol. The van der Waals surface area contributed by atoms with Crippen molar-refractivity contribution in [2.75, 3.05) is 12.3 Å². The summed E-state index contributed by atoms with van der Waals surface area (Å²) in [7, 11) is 0. The number of nitrogen functional groups attached to an aromatic ring is 1. The van der Waals surface area contributed by atoms with Gasteiger partial charge < -0.3 is 16.2 Å². The molecule has 21 heavy (non-hydrogen) atoms. The van der Waals surface area contributed by atoms with Crippen LogP contribution in [0.5, 0.6) is 0 Å². The first-order chi connectivity index (χ1) is 9.67. The van der Waals surface area contributed by atoms with Gasteiger partial charge in [0, 0.05) is 12.2 Å². The lowest BCUT2D eigenvalue weighted by atomic mass is 9.84. The van der Waals surface area contributed by atoms with Crippen molar-refractivity contribution in [2.24, 2.45) is 11.3 Å². The van der Waals surface area contributed by atoms with E-state index in [4.69, 9.17) is 5.73 Å². The van der Waals surface area contributed by atoms with E-state index in [1.807, 2.05) is 20.8 Å². The van der Waals surface area contributed by atoms with Crippen LogP contribution in [-0.2, 0) is 16.0 Å². The number of nitrogens with one attached hydrogen (secondary N) is 1. The number of hydrogen-bond donors (Lipinski definition) is 3. The van der Waals surface area contributed by atoms with Crippen LogP contribution in [0.3, 0.4) is 0 Å². The molecule has 6 heteroatoms. The number of hydrogen-bond acceptors (Lipinski definition) is 4. The molecule has 0 fully saturated rings. The van der Waals surface area contributed by atoms with Gasteiger partial charge in [0.05, 0.1) is 24.2 Å². The minimum Gasteiger partial charge on any atom is -0.481 e. The molecular formula is C15H23N3O3. The van der Waals surface area contributed by atoms with Crippen LogP contribution in [0, 0.1) is 11.3 Å². The van der Waals surface area contributed by atoms with Gasteiger partial charge in [0.25, 0.3) is 0 Å². The van der Waals surface area contributed by atoms with Gasteiger partial charge in [-0.15, -0.1) is 0 Å². The van der Waals surface area contributed by atoms with Gasteiger partial charge in [0.2, 0.25) is 5.91 Å². The number of carbonyl (C=O) groups excluding carboxylic acids is 1. The van der Waals surface area contributed by atoms with Crippen molar-refractivity contribution in [3.05, 3.63) is 24.0 Å². The molecule has 1 unspecified atom stereocenters. The molecule has 6 nitrogen and oxygen atoms in total. The smallest absolute Gasteiger partial charge is 0.308 e. The lowest BCUT2D eigenvalue weighted by Crippen LogP contribution is -2.35. The SMILES string of the molecule is CC(C)(C)CC(CNC(=O)Cc1ccc(N)cn1)C(=O)O. The summed E-state index contributed by atoms with van der Waals surface area (Å²) >= 11 is 0. The molecule has 0 aromatic carbocycles. The summed E-state index contributed by atoms with van der Waals surface area (Å²) in [5, 5.41) is 11.9. The Morgan fingerprint density at radius 1 is 1.38 bits per heavy atom. The van der Waals surface area contributed by atoms with E-state index in [0.717, 1.165) is 0 Å². The van der Waals surface area contributed by atoms with Crippen molar-refractivity contribution >= 4 is 17.6 Å². The minimum absolute atomic E-state index is 0.105. The highest BCUT2D eigenvalue weighted by Gasteiger charge is 2.24. The van der Waals surface area contributed by atoms with E-state index in [1.165, 1.54) is 6.20 Å². The van der Waals surface area contributed by atoms with Crippen molar-refractivity contribution < 1.29 is 14.7 Å². The zero-order valence-corrected chi connectivity index (χ0v) is 12.7. The molecule has 1 amide bonds. The number of amides is 1. The molecule has 0 aliphatic rings. The Kier molecular flexibility index (Phi) is 5.69. The number of carboxylic acids is 1. The van der Waals surface area contributed by atoms with E-state index in [2.05, 4.69) is 10.3 Å². The topological polar surface area (TPSA) is 105 Å². The predicted octanol–water partition coefficient (Wildman–Crippen LogP) is 1.46. The molecule has 1 aromatic rings. The summed E-state index contributed by atoms with van der Waals surface area (Å²) in [5.41, 5.74) is 6.55. The van der Waals surface area contributed by atoms with Crippen molar-refractivity contribution in [2.45, 2.75) is 33.6 Å². The highest BCUT2D eigenvalue weighted by Crippen LogP contribution is 2.24. The van der Waals surface area contributed by atoms with Crippen LogP contribution < -0.4 is 11.1 Å². The summed E-state index contributed by atoms with van der Waals surface area (Å²) in [6, 6.07) is 3.36. The summed E-state index contributed by atoms with van der Waals surface area (Å²) in [5.74, 6) is -1.73. The third kappa shape index (κ3) is 6.74. The first kappa shape index (κ1) is 16.9. The van der Waals surface area contributed by atoms with Crippen LogP contribution >= 0.6 is 0 Å². The molecule has 0 bridgehead atoms. The van der Waals surface area contributed by atoms with E-state index in [1.54, 1.807) is 12.1 Å². The van der Waals surface area contributed by atoms with Crippen LogP contribution in [0.2, 0.25) is 0 Å². The first-order valence-electron chi connectivity index (χ1n) is 6.87. The van der Waals surface area contributed by atoms with E-state index < -0.39 is 11.9 Å². The number of carbonyl (C=O) groups is 2. The van der Waals surface area contributed by atoms with Gasteiger partial charge in [-0.3, -0.25) is 14.6 Å². The number of nitrogens with zero attached hydrogens (tertiary/aromatic N) is 1. The maximum absolute atomic E-state index is 11.8. The van der Waals surface area contributed by atoms with Crippen LogP contribution in [0.15, 0.2) is 18.3 Å². The number of carboxylic acid groups (broad SMARTS) is 1. The fourth-order valence-corrected chi connectivity index (χ4v) is 1.99. The monoisotopic (exact) mass is 293 g/mol. The van der Waals surface area contributed by atoms with Gasteiger partial charge >= 0.3 is 5.97 Å². The highest BCUT2D eigenvalue weighted by molar-refractivity contribution is 5.79. The van der Waals surface area contributed by atoms with Crippen LogP contribution in [0.4, 0.5) is 5.69 Å². The molecule has 0 spiro atoms. The van der Waals surface area contributed by atoms with Crippen LogP contribution in [0.1, 0.15) is 32.9 Å².